The van der Waals surface area contributed by atoms with Gasteiger partial charge in [-0.25, -0.2) is 9.59 Å². The minimum Gasteiger partial charge on any atom is -0.459 e. The first-order chi connectivity index (χ1) is 59.0. The summed E-state index contributed by atoms with van der Waals surface area (Å²) < 4.78 is 97.2. The van der Waals surface area contributed by atoms with Crippen molar-refractivity contribution < 1.29 is 187 Å². The summed E-state index contributed by atoms with van der Waals surface area (Å²) in [5, 5.41) is 210. The molecule has 5 aliphatic carbocycles. The van der Waals surface area contributed by atoms with Gasteiger partial charge in [-0.2, -0.15) is 0 Å². The van der Waals surface area contributed by atoms with E-state index < -0.39 is 300 Å². The van der Waals surface area contributed by atoms with E-state index in [4.69, 9.17) is 75.8 Å². The van der Waals surface area contributed by atoms with Crippen LogP contribution in [0, 0.1) is 50.2 Å². The van der Waals surface area contributed by atoms with Crippen molar-refractivity contribution in [2.45, 2.75) is 374 Å². The highest BCUT2D eigenvalue weighted by atomic mass is 16.8. The summed E-state index contributed by atoms with van der Waals surface area (Å²) in [4.78, 5) is 45.3. The monoisotopic (exact) mass is 1800 g/mol. The average Bonchev–Trinajstić information content (AvgIpc) is 0.673. The molecule has 4 saturated carbocycles. The van der Waals surface area contributed by atoms with Crippen LogP contribution in [0.3, 0.4) is 0 Å². The summed E-state index contributed by atoms with van der Waals surface area (Å²) >= 11 is 0. The van der Waals surface area contributed by atoms with Crippen LogP contribution >= 0.6 is 0 Å². The Morgan fingerprint density at radius 3 is 1.64 bits per heavy atom. The standard InChI is InChI=1S/C88H138O38/c1-14-83(9,109)24-16-18-40(3)71(106)111-38-50-58(98)68(121-72(107)42(33-89)19-17-25-84(10,110)15-2)70(125-76-64(104)60(100)66(41(4)117-76)122-75-65(105)67(48(93)37-114-75)123-73-61(101)54(94)45(90)34-112-73)79(119-50)126-80(108)88-30-28-81(5,6)32-44(88)43-20-21-52-85(11)26-23-53(82(7,8)51(85)22-27-87(52,13)86(43,12)29-31-88)120-77-63(103)59(99)57(97)49(118-77)39-116-78-69(56(96)47(92)36-115-78)124-74-62(102)55(95)46(91)35-113-74/h14-15,18-20,41,44-70,73-79,89-105,109-110H,1-2,16-17,21-39H2,3-13H3/b40-18+,42-19+/t41-,44-,45+,46+,47-,48+,49+,50+,51-,52+,53-,54-,55-,56-,57+,58+,59-,60-,61+,62+,63+,64+,65+,66-,67-,68-,69+,70+,73-,74-,75-,76-,77-,78-,79-,83-,84+,85-,86+,87+,88-/m0/s1. The normalized spacial score (nSPS) is 47.2. The number of ether oxygens (including phenoxy) is 16. The van der Waals surface area contributed by atoms with Crippen LogP contribution in [0.5, 0.6) is 0 Å². The number of aliphatic hydroxyl groups is 19. The summed E-state index contributed by atoms with van der Waals surface area (Å²) in [6, 6.07) is 0. The Bertz CT molecular complexity index is 3820. The van der Waals surface area contributed by atoms with Crippen LogP contribution < -0.4 is 0 Å². The fraction of sp³-hybridized carbons (Fsp3) is 0.852. The summed E-state index contributed by atoms with van der Waals surface area (Å²) in [6.07, 6.45) is -41.2. The van der Waals surface area contributed by atoms with E-state index in [9.17, 15) is 107 Å². The molecule has 19 N–H and O–H groups in total. The molecule has 7 aliphatic heterocycles. The number of carbonyl (C=O) groups excluding carboxylic acids is 3. The Morgan fingerprint density at radius 2 is 1.02 bits per heavy atom. The number of esters is 3. The minimum absolute atomic E-state index is 0.0104. The second kappa shape index (κ2) is 39.8. The van der Waals surface area contributed by atoms with E-state index >= 15 is 4.79 Å². The van der Waals surface area contributed by atoms with Crippen molar-refractivity contribution in [3.63, 3.8) is 0 Å². The minimum atomic E-state index is -2.19. The molecular formula is C88H138O38. The van der Waals surface area contributed by atoms with Crippen LogP contribution in [-0.4, -0.2) is 369 Å². The van der Waals surface area contributed by atoms with Crippen molar-refractivity contribution in [2.24, 2.45) is 50.2 Å². The maximum Gasteiger partial charge on any atom is 0.336 e. The lowest BCUT2D eigenvalue weighted by Crippen LogP contribution is -2.67. The van der Waals surface area contributed by atoms with Crippen LogP contribution in [0.4, 0.5) is 0 Å². The number of rotatable bonds is 29. The lowest BCUT2D eigenvalue weighted by molar-refractivity contribution is -0.379. The van der Waals surface area contributed by atoms with Gasteiger partial charge >= 0.3 is 17.9 Å². The molecule has 0 unspecified atom stereocenters. The van der Waals surface area contributed by atoms with Gasteiger partial charge in [-0.1, -0.05) is 84.4 Å². The molecule has 0 radical (unpaired) electrons. The van der Waals surface area contributed by atoms with Gasteiger partial charge in [-0.15, -0.1) is 13.2 Å². The van der Waals surface area contributed by atoms with Crippen LogP contribution in [0.1, 0.15) is 166 Å². The Labute approximate surface area is 732 Å². The number of aliphatic hydroxyl groups excluding tert-OH is 17. The molecule has 7 saturated heterocycles. The maximum atomic E-state index is 16.6. The lowest BCUT2D eigenvalue weighted by atomic mass is 9.33. The zero-order chi connectivity index (χ0) is 92.4. The summed E-state index contributed by atoms with van der Waals surface area (Å²) in [5.41, 5.74) is -5.57. The van der Waals surface area contributed by atoms with Gasteiger partial charge in [-0.05, 0) is 162 Å². The number of hydrogen-bond acceptors (Lipinski definition) is 38. The topological polar surface area (TPSA) is 583 Å². The van der Waals surface area contributed by atoms with Crippen molar-refractivity contribution in [1.29, 1.82) is 0 Å². The van der Waals surface area contributed by atoms with Crippen molar-refractivity contribution in [2.75, 3.05) is 46.2 Å². The lowest BCUT2D eigenvalue weighted by Gasteiger charge is -2.71. The molecule has 0 spiro atoms. The van der Waals surface area contributed by atoms with Crippen molar-refractivity contribution >= 4 is 17.9 Å². The van der Waals surface area contributed by atoms with E-state index in [2.05, 4.69) is 67.7 Å². The molecule has 41 atom stereocenters. The fourth-order valence-electron chi connectivity index (χ4n) is 21.9. The molecule has 0 amide bonds. The molecule has 718 valence electrons. The molecule has 12 aliphatic rings. The van der Waals surface area contributed by atoms with Gasteiger partial charge in [0.25, 0.3) is 0 Å². The Hall–Kier alpha value is -4.17. The molecule has 7 heterocycles. The number of allylic oxidation sites excluding steroid dienone is 4. The predicted molar refractivity (Wildman–Crippen MR) is 432 cm³/mol. The number of carbonyl (C=O) groups is 3. The first kappa shape index (κ1) is 101. The van der Waals surface area contributed by atoms with Crippen LogP contribution in [0.25, 0.3) is 0 Å². The molecule has 0 aromatic rings. The van der Waals surface area contributed by atoms with Crippen LogP contribution in [0.15, 0.2) is 60.3 Å². The quantitative estimate of drug-likeness (QED) is 0.0132. The van der Waals surface area contributed by atoms with Gasteiger partial charge in [0, 0.05) is 5.57 Å². The molecule has 12 rings (SSSR count). The van der Waals surface area contributed by atoms with Crippen molar-refractivity contribution in [1.82, 2.24) is 0 Å². The van der Waals surface area contributed by atoms with Crippen molar-refractivity contribution in [3.8, 4) is 0 Å². The molecule has 0 bridgehead atoms. The summed E-state index contributed by atoms with van der Waals surface area (Å²) in [6.45, 7) is 24.5. The van der Waals surface area contributed by atoms with Crippen molar-refractivity contribution in [3.05, 3.63) is 60.3 Å². The molecule has 0 aromatic heterocycles. The zero-order valence-electron chi connectivity index (χ0n) is 73.6. The number of hydrogen-bond donors (Lipinski definition) is 19. The second-order valence-electron chi connectivity index (χ2n) is 39.7. The summed E-state index contributed by atoms with van der Waals surface area (Å²) in [5.74, 6) is -3.39. The van der Waals surface area contributed by atoms with E-state index in [0.717, 1.165) is 12.0 Å². The third-order valence-corrected chi connectivity index (χ3v) is 30.3. The highest BCUT2D eigenvalue weighted by Gasteiger charge is 2.71. The van der Waals surface area contributed by atoms with Crippen LogP contribution in [0.2, 0.25) is 0 Å². The second-order valence-corrected chi connectivity index (χ2v) is 39.7. The van der Waals surface area contributed by atoms with E-state index in [1.54, 1.807) is 6.92 Å². The third kappa shape index (κ3) is 20.3. The first-order valence-corrected chi connectivity index (χ1v) is 44.2. The number of fused-ring (bicyclic) bond motifs is 7. The van der Waals surface area contributed by atoms with E-state index in [0.29, 0.717) is 51.4 Å². The molecule has 11 fully saturated rings. The van der Waals surface area contributed by atoms with E-state index in [1.165, 1.54) is 45.1 Å². The van der Waals surface area contributed by atoms with Crippen LogP contribution in [-0.2, 0) is 90.2 Å². The van der Waals surface area contributed by atoms with Gasteiger partial charge in [-0.3, -0.25) is 4.79 Å². The highest BCUT2D eigenvalue weighted by Crippen LogP contribution is 2.76. The Kier molecular flexibility index (Phi) is 31.8. The third-order valence-electron chi connectivity index (χ3n) is 30.3. The fourth-order valence-corrected chi connectivity index (χ4v) is 21.9. The van der Waals surface area contributed by atoms with Gasteiger partial charge in [0.2, 0.25) is 6.29 Å². The molecule has 38 nitrogen and oxygen atoms in total. The largest absolute Gasteiger partial charge is 0.459 e. The Morgan fingerprint density at radius 1 is 0.500 bits per heavy atom. The van der Waals surface area contributed by atoms with E-state index in [1.807, 2.05) is 0 Å². The average molecular weight is 1800 g/mol. The van der Waals surface area contributed by atoms with Gasteiger partial charge in [0.1, 0.15) is 135 Å². The highest BCUT2D eigenvalue weighted by molar-refractivity contribution is 5.89. The smallest absolute Gasteiger partial charge is 0.336 e. The SMILES string of the molecule is C=C[C@](C)(O)CC/C=C(\C)C(=O)OC[C@H]1O[C@@H](OC(=O)[C@]23CCC(C)(C)C[C@H]2C2=CC[C@@H]4[C@@]5(C)CC[C@H](O[C@@H]6O[C@H](CO[C@@H]7OC[C@H](O)[C@H](O)[C@H]7O[C@@H]7OC[C@@H](O)[C@H](O)[C@H]7O)[C@@H](O)[C@H](O)[C@H]6O)C(C)(C)[C@@H]5CC[C@@]4(C)[C@]2(C)CC3)[C@H](O[C@@H]2O[C@@H](C)[C@H](O[C@@H]3OC[C@@H](O)[C@H](O[C@@H]4OC[C@@H](O)[C@H](O)[C@H]4O)[C@H]3O)[C@@H](O)[C@H]2O)[C@@H](OC(=O)/C(=C/CC[C@](C)(O)C=C)CO)[C@@H]1O. The molecule has 126 heavy (non-hydrogen) atoms. The van der Waals surface area contributed by atoms with Gasteiger partial charge in [0.15, 0.2) is 49.9 Å². The van der Waals surface area contributed by atoms with Gasteiger partial charge in [0.05, 0.1) is 74.0 Å². The zero-order valence-corrected chi connectivity index (χ0v) is 73.6. The predicted octanol–water partition coefficient (Wildman–Crippen LogP) is -1.58. The first-order valence-electron chi connectivity index (χ1n) is 44.2. The molecule has 0 aromatic carbocycles. The van der Waals surface area contributed by atoms with Gasteiger partial charge < -0.3 is 173 Å². The van der Waals surface area contributed by atoms with E-state index in [-0.39, 0.29) is 65.9 Å². The molecule has 38 heteroatoms. The molecular weight excluding hydrogens is 1660 g/mol. The summed E-state index contributed by atoms with van der Waals surface area (Å²) in [7, 11) is 0. The maximum absolute atomic E-state index is 16.6. The Balaban J connectivity index is 0.812.